The van der Waals surface area contributed by atoms with E-state index < -0.39 is 0 Å². The first kappa shape index (κ1) is 19.3. The van der Waals surface area contributed by atoms with E-state index in [1.54, 1.807) is 12.5 Å². The lowest BCUT2D eigenvalue weighted by molar-refractivity contribution is 0.104. The minimum Gasteiger partial charge on any atom is -0.472 e. The van der Waals surface area contributed by atoms with E-state index in [0.29, 0.717) is 0 Å². The van der Waals surface area contributed by atoms with Crippen molar-refractivity contribution in [1.82, 2.24) is 15.5 Å². The first-order valence-corrected chi connectivity index (χ1v) is 7.79. The second-order valence-corrected chi connectivity index (χ2v) is 6.09. The highest BCUT2D eigenvalue weighted by Crippen LogP contribution is 2.31. The lowest BCUT2D eigenvalue weighted by Crippen LogP contribution is -2.55. The number of hydrogen-bond donors (Lipinski definition) is 2. The summed E-state index contributed by atoms with van der Waals surface area (Å²) >= 11 is 0. The minimum absolute atomic E-state index is 0. The molecule has 0 aliphatic heterocycles. The molecule has 0 atom stereocenters. The smallest absolute Gasteiger partial charge is 0.191 e. The van der Waals surface area contributed by atoms with E-state index in [4.69, 9.17) is 4.42 Å². The summed E-state index contributed by atoms with van der Waals surface area (Å²) in [7, 11) is 6.19. The zero-order valence-corrected chi connectivity index (χ0v) is 16.2. The summed E-state index contributed by atoms with van der Waals surface area (Å²) in [6.45, 7) is 1.66. The van der Waals surface area contributed by atoms with Crippen LogP contribution in [0.1, 0.15) is 37.7 Å². The number of furan rings is 1. The van der Waals surface area contributed by atoms with Gasteiger partial charge >= 0.3 is 0 Å². The van der Waals surface area contributed by atoms with Gasteiger partial charge < -0.3 is 20.0 Å². The number of halogens is 1. The van der Waals surface area contributed by atoms with E-state index in [1.807, 2.05) is 13.1 Å². The van der Waals surface area contributed by atoms with Crippen molar-refractivity contribution in [2.24, 2.45) is 4.99 Å². The maximum absolute atomic E-state index is 5.08. The summed E-state index contributed by atoms with van der Waals surface area (Å²) in [5.41, 5.74) is 1.38. The van der Waals surface area contributed by atoms with Gasteiger partial charge in [0.1, 0.15) is 0 Å². The molecule has 22 heavy (non-hydrogen) atoms. The number of nitrogens with one attached hydrogen (secondary N) is 2. The van der Waals surface area contributed by atoms with Crippen LogP contribution in [-0.4, -0.2) is 44.1 Å². The van der Waals surface area contributed by atoms with Gasteiger partial charge in [-0.3, -0.25) is 4.99 Å². The third kappa shape index (κ3) is 5.15. The van der Waals surface area contributed by atoms with E-state index >= 15 is 0 Å². The molecule has 2 N–H and O–H groups in total. The monoisotopic (exact) mass is 420 g/mol. The number of rotatable bonds is 5. The van der Waals surface area contributed by atoms with Gasteiger partial charge in [0.25, 0.3) is 0 Å². The highest BCUT2D eigenvalue weighted by atomic mass is 127. The molecular formula is C16H29IN4O. The molecule has 1 saturated carbocycles. The number of guanidine groups is 1. The second-order valence-electron chi connectivity index (χ2n) is 6.09. The van der Waals surface area contributed by atoms with Gasteiger partial charge in [0.15, 0.2) is 5.96 Å². The van der Waals surface area contributed by atoms with E-state index in [0.717, 1.165) is 24.6 Å². The van der Waals surface area contributed by atoms with E-state index in [1.165, 1.54) is 32.1 Å². The molecule has 5 nitrogen and oxygen atoms in total. The molecule has 0 amide bonds. The highest BCUT2D eigenvalue weighted by molar-refractivity contribution is 14.0. The molecule has 1 heterocycles. The Morgan fingerprint density at radius 1 is 1.27 bits per heavy atom. The fourth-order valence-corrected chi connectivity index (χ4v) is 3.04. The number of nitrogens with zero attached hydrogens (tertiary/aromatic N) is 2. The minimum atomic E-state index is 0. The van der Waals surface area contributed by atoms with Gasteiger partial charge in [-0.15, -0.1) is 24.0 Å². The zero-order chi connectivity index (χ0) is 15.1. The molecule has 2 rings (SSSR count). The molecule has 1 aliphatic carbocycles. The van der Waals surface area contributed by atoms with Crippen LogP contribution in [0, 0.1) is 0 Å². The summed E-state index contributed by atoms with van der Waals surface area (Å²) in [5.74, 6) is 0.850. The maximum atomic E-state index is 5.08. The van der Waals surface area contributed by atoms with Crippen LogP contribution in [-0.2, 0) is 6.54 Å². The first-order chi connectivity index (χ1) is 10.2. The molecular weight excluding hydrogens is 391 g/mol. The summed E-state index contributed by atoms with van der Waals surface area (Å²) in [4.78, 5) is 6.69. The lowest BCUT2D eigenvalue weighted by Gasteiger charge is -2.43. The molecule has 0 unspecified atom stereocenters. The summed E-state index contributed by atoms with van der Waals surface area (Å²) in [5, 5.41) is 6.82. The molecule has 0 spiro atoms. The van der Waals surface area contributed by atoms with Crippen LogP contribution >= 0.6 is 24.0 Å². The molecule has 1 fully saturated rings. The van der Waals surface area contributed by atoms with Gasteiger partial charge in [-0.05, 0) is 33.0 Å². The Morgan fingerprint density at radius 3 is 2.55 bits per heavy atom. The third-order valence-electron chi connectivity index (χ3n) is 4.58. The molecule has 0 radical (unpaired) electrons. The number of aliphatic imine (C=N–C) groups is 1. The van der Waals surface area contributed by atoms with Crippen molar-refractivity contribution in [3.8, 4) is 0 Å². The van der Waals surface area contributed by atoms with Crippen molar-refractivity contribution >= 4 is 29.9 Å². The fourth-order valence-electron chi connectivity index (χ4n) is 3.04. The van der Waals surface area contributed by atoms with Gasteiger partial charge in [-0.2, -0.15) is 0 Å². The maximum Gasteiger partial charge on any atom is 0.191 e. The second kappa shape index (κ2) is 9.39. The van der Waals surface area contributed by atoms with Gasteiger partial charge in [0, 0.05) is 31.2 Å². The van der Waals surface area contributed by atoms with Gasteiger partial charge in [-0.1, -0.05) is 19.3 Å². The number of likely N-dealkylation sites (N-methyl/N-ethyl adjacent to an activating group) is 1. The lowest BCUT2D eigenvalue weighted by atomic mass is 9.80. The molecule has 1 aromatic rings. The Balaban J connectivity index is 0.00000242. The Kier molecular flexibility index (Phi) is 8.24. The average Bonchev–Trinajstić information content (AvgIpc) is 3.01. The third-order valence-corrected chi connectivity index (χ3v) is 4.58. The van der Waals surface area contributed by atoms with Gasteiger partial charge in [-0.25, -0.2) is 0 Å². The SMILES string of the molecule is CN=C(NCc1ccoc1)NCC1(N(C)C)CCCCC1.I. The first-order valence-electron chi connectivity index (χ1n) is 7.79. The van der Waals surface area contributed by atoms with Crippen molar-refractivity contribution in [2.45, 2.75) is 44.2 Å². The fraction of sp³-hybridized carbons (Fsp3) is 0.688. The Labute approximate surface area is 150 Å². The van der Waals surface area contributed by atoms with Crippen LogP contribution in [0.2, 0.25) is 0 Å². The molecule has 1 aromatic heterocycles. The van der Waals surface area contributed by atoms with E-state index in [9.17, 15) is 0 Å². The summed E-state index contributed by atoms with van der Waals surface area (Å²) in [6, 6.07) is 1.96. The highest BCUT2D eigenvalue weighted by Gasteiger charge is 2.34. The van der Waals surface area contributed by atoms with E-state index in [-0.39, 0.29) is 29.5 Å². The van der Waals surface area contributed by atoms with Gasteiger partial charge in [0.2, 0.25) is 0 Å². The predicted octanol–water partition coefficient (Wildman–Crippen LogP) is 2.83. The molecule has 126 valence electrons. The molecule has 0 aromatic carbocycles. The summed E-state index contributed by atoms with van der Waals surface area (Å²) in [6.07, 6.45) is 9.96. The topological polar surface area (TPSA) is 52.8 Å². The molecule has 6 heteroatoms. The number of hydrogen-bond acceptors (Lipinski definition) is 3. The average molecular weight is 420 g/mol. The van der Waals surface area contributed by atoms with Crippen LogP contribution in [0.5, 0.6) is 0 Å². The molecule has 0 bridgehead atoms. The van der Waals surface area contributed by atoms with Crippen molar-refractivity contribution in [1.29, 1.82) is 0 Å². The molecule has 1 aliphatic rings. The standard InChI is InChI=1S/C16H28N4O.HI/c1-17-15(18-11-14-7-10-21-12-14)19-13-16(20(2)3)8-5-4-6-9-16;/h7,10,12H,4-6,8-9,11,13H2,1-3H3,(H2,17,18,19);1H. The van der Waals surface area contributed by atoms with Crippen LogP contribution in [0.4, 0.5) is 0 Å². The van der Waals surface area contributed by atoms with E-state index in [2.05, 4.69) is 34.6 Å². The summed E-state index contributed by atoms with van der Waals surface area (Å²) < 4.78 is 5.08. The predicted molar refractivity (Wildman–Crippen MR) is 102 cm³/mol. The van der Waals surface area contributed by atoms with Crippen molar-refractivity contribution < 1.29 is 4.42 Å². The van der Waals surface area contributed by atoms with Crippen molar-refractivity contribution in [3.63, 3.8) is 0 Å². The normalized spacial score (nSPS) is 17.9. The Bertz CT molecular complexity index is 439. The van der Waals surface area contributed by atoms with Gasteiger partial charge in [0.05, 0.1) is 12.5 Å². The van der Waals surface area contributed by atoms with Crippen molar-refractivity contribution in [3.05, 3.63) is 24.2 Å². The quantitative estimate of drug-likeness (QED) is 0.437. The Morgan fingerprint density at radius 2 is 2.00 bits per heavy atom. The Hall–Kier alpha value is -0.760. The van der Waals surface area contributed by atoms with Crippen LogP contribution in [0.3, 0.4) is 0 Å². The van der Waals surface area contributed by atoms with Crippen LogP contribution in [0.15, 0.2) is 28.0 Å². The largest absolute Gasteiger partial charge is 0.472 e. The molecule has 0 saturated heterocycles. The zero-order valence-electron chi connectivity index (χ0n) is 13.9. The van der Waals surface area contributed by atoms with Crippen molar-refractivity contribution in [2.75, 3.05) is 27.7 Å². The van der Waals surface area contributed by atoms with Crippen LogP contribution in [0.25, 0.3) is 0 Å². The van der Waals surface area contributed by atoms with Crippen LogP contribution < -0.4 is 10.6 Å².